The molecule has 0 spiro atoms. The molecule has 3 N–H and O–H groups in total. The van der Waals surface area contributed by atoms with Crippen molar-refractivity contribution >= 4 is 15.9 Å². The lowest BCUT2D eigenvalue weighted by Crippen LogP contribution is -2.39. The largest absolute Gasteiger partial charge is 0.484 e. The average Bonchev–Trinajstić information content (AvgIpc) is 2.74. The van der Waals surface area contributed by atoms with E-state index < -0.39 is 15.9 Å². The second-order valence-corrected chi connectivity index (χ2v) is 8.55. The van der Waals surface area contributed by atoms with Crippen molar-refractivity contribution in [1.82, 2.24) is 14.7 Å². The maximum absolute atomic E-state index is 12.6. The van der Waals surface area contributed by atoms with Crippen molar-refractivity contribution in [2.24, 2.45) is 5.73 Å². The molecule has 1 aliphatic rings. The number of nitrogens with one attached hydrogen (secondary N) is 1. The Bertz CT molecular complexity index is 959. The van der Waals surface area contributed by atoms with E-state index in [0.29, 0.717) is 43.2 Å². The Hall–Kier alpha value is -2.92. The Morgan fingerprint density at radius 3 is 2.43 bits per heavy atom. The monoisotopic (exact) mass is 436 g/mol. The van der Waals surface area contributed by atoms with Gasteiger partial charge in [0.25, 0.3) is 5.91 Å². The molecule has 1 fully saturated rings. The van der Waals surface area contributed by atoms with Gasteiger partial charge in [0.2, 0.25) is 21.8 Å². The Balaban J connectivity index is 1.51. The van der Waals surface area contributed by atoms with Gasteiger partial charge in [-0.25, -0.2) is 13.1 Å². The predicted molar refractivity (Wildman–Crippen MR) is 107 cm³/mol. The van der Waals surface area contributed by atoms with Gasteiger partial charge in [0.15, 0.2) is 6.61 Å². The number of rotatable bonds is 9. The van der Waals surface area contributed by atoms with E-state index in [1.807, 2.05) is 0 Å². The van der Waals surface area contributed by atoms with Crippen molar-refractivity contribution in [1.29, 1.82) is 0 Å². The summed E-state index contributed by atoms with van der Waals surface area (Å²) in [6.07, 6.45) is 5.61. The number of aromatic nitrogens is 2. The number of hydrogen-bond acceptors (Lipinski definition) is 8. The molecule has 0 bridgehead atoms. The Morgan fingerprint density at radius 2 is 1.80 bits per heavy atom. The second-order valence-electron chi connectivity index (χ2n) is 6.84. The molecule has 1 amide bonds. The van der Waals surface area contributed by atoms with E-state index in [2.05, 4.69) is 14.7 Å². The first-order valence-corrected chi connectivity index (χ1v) is 10.9. The summed E-state index contributed by atoms with van der Waals surface area (Å²) in [4.78, 5) is 19.1. The van der Waals surface area contributed by atoms with Gasteiger partial charge in [0.1, 0.15) is 11.9 Å². The number of methoxy groups -OCH3 is 1. The highest BCUT2D eigenvalue weighted by molar-refractivity contribution is 7.89. The lowest BCUT2D eigenvalue weighted by Gasteiger charge is -2.29. The summed E-state index contributed by atoms with van der Waals surface area (Å²) < 4.78 is 44.0. The van der Waals surface area contributed by atoms with E-state index in [1.54, 1.807) is 0 Å². The third-order valence-corrected chi connectivity index (χ3v) is 6.13. The molecular weight excluding hydrogens is 412 g/mol. The van der Waals surface area contributed by atoms with Crippen molar-refractivity contribution in [3.63, 3.8) is 0 Å². The first-order valence-electron chi connectivity index (χ1n) is 9.42. The van der Waals surface area contributed by atoms with Crippen LogP contribution in [0, 0.1) is 0 Å². The number of sulfonamides is 1. The Labute approximate surface area is 174 Å². The van der Waals surface area contributed by atoms with Crippen LogP contribution in [-0.4, -0.2) is 50.2 Å². The molecule has 0 saturated heterocycles. The minimum Gasteiger partial charge on any atom is -0.484 e. The third kappa shape index (κ3) is 6.04. The topological polar surface area (TPSA) is 143 Å². The number of amides is 1. The number of carbonyl (C=O) groups is 1. The highest BCUT2D eigenvalue weighted by Crippen LogP contribution is 2.25. The zero-order chi connectivity index (χ0) is 21.6. The van der Waals surface area contributed by atoms with E-state index in [1.165, 1.54) is 43.8 Å². The molecule has 0 radical (unpaired) electrons. The van der Waals surface area contributed by atoms with Crippen LogP contribution in [0.25, 0.3) is 0 Å². The molecule has 2 aromatic rings. The summed E-state index contributed by atoms with van der Waals surface area (Å²) in [5.74, 6) is 0.523. The molecule has 1 aromatic heterocycles. The van der Waals surface area contributed by atoms with Gasteiger partial charge in [-0.15, -0.1) is 0 Å². The molecule has 0 atom stereocenters. The predicted octanol–water partition coefficient (Wildman–Crippen LogP) is 1.02. The van der Waals surface area contributed by atoms with Crippen LogP contribution in [0.3, 0.4) is 0 Å². The molecule has 1 saturated carbocycles. The fraction of sp³-hybridized carbons (Fsp3) is 0.421. The van der Waals surface area contributed by atoms with Crippen molar-refractivity contribution in [2.75, 3.05) is 13.7 Å². The number of nitrogens with two attached hydrogens (primary N) is 1. The Morgan fingerprint density at radius 1 is 1.13 bits per heavy atom. The number of nitrogens with zero attached hydrogens (tertiary/aromatic N) is 2. The first-order chi connectivity index (χ1) is 14.4. The maximum Gasteiger partial charge on any atom is 0.255 e. The van der Waals surface area contributed by atoms with E-state index >= 15 is 0 Å². The molecule has 162 valence electrons. The number of primary amides is 1. The van der Waals surface area contributed by atoms with E-state index in [0.717, 1.165) is 0 Å². The van der Waals surface area contributed by atoms with E-state index in [4.69, 9.17) is 19.9 Å². The van der Waals surface area contributed by atoms with Gasteiger partial charge in [-0.2, -0.15) is 4.98 Å². The van der Waals surface area contributed by atoms with Crippen LogP contribution in [0.1, 0.15) is 25.7 Å². The van der Waals surface area contributed by atoms with Crippen LogP contribution in [0.5, 0.6) is 17.5 Å². The van der Waals surface area contributed by atoms with Crippen molar-refractivity contribution in [2.45, 2.75) is 42.7 Å². The van der Waals surface area contributed by atoms with Crippen molar-refractivity contribution < 1.29 is 27.4 Å². The number of ether oxygens (including phenoxy) is 3. The first kappa shape index (κ1) is 21.8. The third-order valence-electron chi connectivity index (χ3n) is 4.60. The van der Waals surface area contributed by atoms with Gasteiger partial charge in [0.05, 0.1) is 24.4 Å². The average molecular weight is 436 g/mol. The fourth-order valence-electron chi connectivity index (χ4n) is 3.11. The molecule has 11 heteroatoms. The molecule has 0 aliphatic heterocycles. The molecule has 3 rings (SSSR count). The van der Waals surface area contributed by atoms with Gasteiger partial charge >= 0.3 is 0 Å². The fourth-order valence-corrected chi connectivity index (χ4v) is 4.42. The number of benzene rings is 1. The molecule has 10 nitrogen and oxygen atoms in total. The lowest BCUT2D eigenvalue weighted by atomic mass is 9.94. The summed E-state index contributed by atoms with van der Waals surface area (Å²) >= 11 is 0. The quantitative estimate of drug-likeness (QED) is 0.593. The molecule has 1 aromatic carbocycles. The standard InChI is InChI=1S/C19H24N4O6S/c1-27-18-10-21-11-19(22-18)29-15-4-2-13(3-5-15)23-30(25,26)16-8-6-14(7-9-16)28-12-17(20)24/h6-11,13,15,23H,2-5,12H2,1H3,(H2,20,24). The normalized spacial score (nSPS) is 19.1. The maximum atomic E-state index is 12.6. The molecule has 0 unspecified atom stereocenters. The van der Waals surface area contributed by atoms with E-state index in [9.17, 15) is 13.2 Å². The van der Waals surface area contributed by atoms with Crippen LogP contribution in [0.4, 0.5) is 0 Å². The van der Waals surface area contributed by atoms with Gasteiger partial charge < -0.3 is 19.9 Å². The molecular formula is C19H24N4O6S. The Kier molecular flexibility index (Phi) is 7.06. The summed E-state index contributed by atoms with van der Waals surface area (Å²) in [5, 5.41) is 0. The van der Waals surface area contributed by atoms with Gasteiger partial charge in [-0.05, 0) is 49.9 Å². The van der Waals surface area contributed by atoms with Gasteiger partial charge in [-0.3, -0.25) is 9.78 Å². The molecule has 30 heavy (non-hydrogen) atoms. The van der Waals surface area contributed by atoms with Crippen LogP contribution < -0.4 is 24.7 Å². The van der Waals surface area contributed by atoms with Gasteiger partial charge in [0, 0.05) is 6.04 Å². The lowest BCUT2D eigenvalue weighted by molar-refractivity contribution is -0.119. The van der Waals surface area contributed by atoms with Crippen molar-refractivity contribution in [3.8, 4) is 17.5 Å². The number of hydrogen-bond donors (Lipinski definition) is 2. The van der Waals surface area contributed by atoms with Crippen LogP contribution >= 0.6 is 0 Å². The highest BCUT2D eigenvalue weighted by atomic mass is 32.2. The summed E-state index contributed by atoms with van der Waals surface area (Å²) in [6, 6.07) is 5.63. The smallest absolute Gasteiger partial charge is 0.255 e. The summed E-state index contributed by atoms with van der Waals surface area (Å²) in [7, 11) is -2.16. The van der Waals surface area contributed by atoms with E-state index in [-0.39, 0.29) is 23.6 Å². The summed E-state index contributed by atoms with van der Waals surface area (Å²) in [6.45, 7) is -0.267. The van der Waals surface area contributed by atoms with Gasteiger partial charge in [-0.1, -0.05) is 0 Å². The van der Waals surface area contributed by atoms with Crippen LogP contribution in [0.2, 0.25) is 0 Å². The minimum absolute atomic E-state index is 0.0613. The summed E-state index contributed by atoms with van der Waals surface area (Å²) in [5.41, 5.74) is 5.02. The SMILES string of the molecule is COc1cncc(OC2CCC(NS(=O)(=O)c3ccc(OCC(N)=O)cc3)CC2)n1. The molecule has 1 heterocycles. The highest BCUT2D eigenvalue weighted by Gasteiger charge is 2.27. The zero-order valence-electron chi connectivity index (χ0n) is 16.5. The van der Waals surface area contributed by atoms with Crippen LogP contribution in [0.15, 0.2) is 41.6 Å². The zero-order valence-corrected chi connectivity index (χ0v) is 17.3. The molecule has 1 aliphatic carbocycles. The van der Waals surface area contributed by atoms with Crippen molar-refractivity contribution in [3.05, 3.63) is 36.7 Å². The number of carbonyl (C=O) groups excluding carboxylic acids is 1. The minimum atomic E-state index is -3.67. The van der Waals surface area contributed by atoms with Crippen LogP contribution in [-0.2, 0) is 14.8 Å². The second kappa shape index (κ2) is 9.72.